The van der Waals surface area contributed by atoms with E-state index < -0.39 is 12.0 Å². The molecule has 6 nitrogen and oxygen atoms in total. The van der Waals surface area contributed by atoms with Gasteiger partial charge in [-0.25, -0.2) is 9.59 Å². The fourth-order valence-electron chi connectivity index (χ4n) is 2.17. The normalized spacial score (nSPS) is 18.4. The first-order valence-electron chi connectivity index (χ1n) is 6.47. The van der Waals surface area contributed by atoms with E-state index in [-0.39, 0.29) is 19.1 Å². The molecular weight excluding hydrogens is 236 g/mol. The monoisotopic (exact) mass is 258 g/mol. The van der Waals surface area contributed by atoms with Crippen LogP contribution < -0.4 is 5.32 Å². The Morgan fingerprint density at radius 2 is 2.00 bits per heavy atom. The van der Waals surface area contributed by atoms with Gasteiger partial charge in [0.25, 0.3) is 0 Å². The third-order valence-electron chi connectivity index (χ3n) is 3.49. The highest BCUT2D eigenvalue weighted by atomic mass is 16.4. The fourth-order valence-corrected chi connectivity index (χ4v) is 2.17. The molecule has 0 bridgehead atoms. The molecule has 1 saturated heterocycles. The lowest BCUT2D eigenvalue weighted by molar-refractivity contribution is -0.139. The number of carboxylic acids is 1. The number of rotatable bonds is 5. The van der Waals surface area contributed by atoms with Crippen LogP contribution in [0.25, 0.3) is 0 Å². The maximum Gasteiger partial charge on any atom is 0.326 e. The number of nitrogens with zero attached hydrogens (tertiary/aromatic N) is 1. The summed E-state index contributed by atoms with van der Waals surface area (Å²) < 4.78 is 0. The maximum absolute atomic E-state index is 11.9. The lowest BCUT2D eigenvalue weighted by Gasteiger charge is -2.32. The molecule has 0 saturated carbocycles. The van der Waals surface area contributed by atoms with E-state index in [1.807, 2.05) is 0 Å². The zero-order valence-electron chi connectivity index (χ0n) is 10.8. The van der Waals surface area contributed by atoms with Gasteiger partial charge in [-0.05, 0) is 18.8 Å². The molecule has 0 radical (unpaired) electrons. The molecule has 104 valence electrons. The zero-order chi connectivity index (χ0) is 13.5. The van der Waals surface area contributed by atoms with E-state index in [1.165, 1.54) is 0 Å². The number of hydrogen-bond acceptors (Lipinski definition) is 3. The Balaban J connectivity index is 2.42. The number of aliphatic carboxylic acids is 1. The van der Waals surface area contributed by atoms with Crippen LogP contribution in [0, 0.1) is 5.92 Å². The second-order valence-electron chi connectivity index (χ2n) is 4.69. The highest BCUT2D eigenvalue weighted by Crippen LogP contribution is 2.19. The first-order chi connectivity index (χ1) is 8.58. The van der Waals surface area contributed by atoms with Crippen LogP contribution in [0.3, 0.4) is 0 Å². The summed E-state index contributed by atoms with van der Waals surface area (Å²) in [6.07, 6.45) is 3.10. The Hall–Kier alpha value is -1.30. The molecule has 1 aliphatic heterocycles. The maximum atomic E-state index is 11.9. The van der Waals surface area contributed by atoms with Gasteiger partial charge in [-0.2, -0.15) is 0 Å². The quantitative estimate of drug-likeness (QED) is 0.675. The molecule has 1 heterocycles. The zero-order valence-corrected chi connectivity index (χ0v) is 10.8. The molecule has 1 aliphatic rings. The van der Waals surface area contributed by atoms with E-state index in [4.69, 9.17) is 10.2 Å². The fraction of sp³-hybridized carbons (Fsp3) is 0.833. The van der Waals surface area contributed by atoms with Crippen molar-refractivity contribution >= 4 is 12.0 Å². The number of amides is 2. The van der Waals surface area contributed by atoms with Crippen LogP contribution in [0.1, 0.15) is 32.6 Å². The van der Waals surface area contributed by atoms with Gasteiger partial charge >= 0.3 is 12.0 Å². The van der Waals surface area contributed by atoms with E-state index in [0.29, 0.717) is 19.0 Å². The van der Waals surface area contributed by atoms with Crippen molar-refractivity contribution in [1.29, 1.82) is 0 Å². The summed E-state index contributed by atoms with van der Waals surface area (Å²) in [6.45, 7) is 3.24. The highest BCUT2D eigenvalue weighted by Gasteiger charge is 2.25. The van der Waals surface area contributed by atoms with Crippen molar-refractivity contribution in [2.45, 2.75) is 38.6 Å². The number of carboxylic acid groups (broad SMARTS) is 1. The molecular formula is C12H22N2O4. The van der Waals surface area contributed by atoms with Gasteiger partial charge in [0.2, 0.25) is 0 Å². The molecule has 0 spiro atoms. The third kappa shape index (κ3) is 4.18. The number of carbonyl (C=O) groups excluding carboxylic acids is 1. The molecule has 0 aromatic heterocycles. The first-order valence-corrected chi connectivity index (χ1v) is 6.47. The van der Waals surface area contributed by atoms with Crippen molar-refractivity contribution in [2.75, 3.05) is 19.7 Å². The number of piperidine rings is 1. The Morgan fingerprint density at radius 1 is 1.39 bits per heavy atom. The van der Waals surface area contributed by atoms with Crippen LogP contribution in [0.4, 0.5) is 4.79 Å². The number of aliphatic hydroxyl groups excluding tert-OH is 1. The minimum Gasteiger partial charge on any atom is -0.480 e. The topological polar surface area (TPSA) is 89.9 Å². The Morgan fingerprint density at radius 3 is 2.44 bits per heavy atom. The molecule has 1 rings (SSSR count). The van der Waals surface area contributed by atoms with Gasteiger partial charge in [0, 0.05) is 26.1 Å². The summed E-state index contributed by atoms with van der Waals surface area (Å²) in [5.74, 6) is -0.442. The smallest absolute Gasteiger partial charge is 0.326 e. The Labute approximate surface area is 107 Å². The van der Waals surface area contributed by atoms with Crippen molar-refractivity contribution in [3.8, 4) is 0 Å². The Kier molecular flexibility index (Phi) is 5.91. The second kappa shape index (κ2) is 7.20. The van der Waals surface area contributed by atoms with Crippen molar-refractivity contribution in [1.82, 2.24) is 10.2 Å². The number of aliphatic hydroxyl groups is 1. The van der Waals surface area contributed by atoms with Crippen molar-refractivity contribution in [3.05, 3.63) is 0 Å². The number of carbonyl (C=O) groups is 2. The summed E-state index contributed by atoms with van der Waals surface area (Å²) in [5, 5.41) is 20.1. The van der Waals surface area contributed by atoms with Gasteiger partial charge in [0.05, 0.1) is 0 Å². The molecule has 6 heteroatoms. The minimum atomic E-state index is -1.11. The first kappa shape index (κ1) is 14.8. The molecule has 3 N–H and O–H groups in total. The van der Waals surface area contributed by atoms with E-state index in [9.17, 15) is 9.59 Å². The van der Waals surface area contributed by atoms with Gasteiger partial charge in [0.15, 0.2) is 0 Å². The van der Waals surface area contributed by atoms with Crippen LogP contribution in [0.5, 0.6) is 0 Å². The van der Waals surface area contributed by atoms with Gasteiger partial charge in [-0.3, -0.25) is 0 Å². The molecule has 0 aromatic rings. The summed E-state index contributed by atoms with van der Waals surface area (Å²) in [6, 6.07) is -1.35. The lowest BCUT2D eigenvalue weighted by Crippen LogP contribution is -2.50. The number of nitrogens with one attached hydrogen (secondary N) is 1. The van der Waals surface area contributed by atoms with E-state index in [0.717, 1.165) is 19.3 Å². The number of likely N-dealkylation sites (tertiary alicyclic amines) is 1. The molecule has 1 atom stereocenters. The van der Waals surface area contributed by atoms with Gasteiger partial charge in [-0.1, -0.05) is 13.3 Å². The van der Waals surface area contributed by atoms with E-state index in [2.05, 4.69) is 12.2 Å². The predicted octanol–water partition coefficient (Wildman–Crippen LogP) is 0.654. The average molecular weight is 258 g/mol. The average Bonchev–Trinajstić information content (AvgIpc) is 2.38. The van der Waals surface area contributed by atoms with Crippen LogP contribution in [-0.2, 0) is 4.79 Å². The summed E-state index contributed by atoms with van der Waals surface area (Å²) in [7, 11) is 0. The van der Waals surface area contributed by atoms with E-state index >= 15 is 0 Å². The van der Waals surface area contributed by atoms with Gasteiger partial charge < -0.3 is 20.4 Å². The minimum absolute atomic E-state index is 0.0342. The largest absolute Gasteiger partial charge is 0.480 e. The van der Waals surface area contributed by atoms with E-state index in [1.54, 1.807) is 4.90 Å². The summed E-state index contributed by atoms with van der Waals surface area (Å²) in [5.41, 5.74) is 0. The summed E-state index contributed by atoms with van der Waals surface area (Å²) >= 11 is 0. The molecule has 18 heavy (non-hydrogen) atoms. The molecule has 0 aliphatic carbocycles. The number of hydrogen-bond donors (Lipinski definition) is 3. The van der Waals surface area contributed by atoms with Crippen LogP contribution in [0.15, 0.2) is 0 Å². The molecule has 1 fully saturated rings. The van der Waals surface area contributed by atoms with Crippen LogP contribution in [-0.4, -0.2) is 52.9 Å². The van der Waals surface area contributed by atoms with Gasteiger partial charge in [0.1, 0.15) is 6.04 Å². The lowest BCUT2D eigenvalue weighted by atomic mass is 9.95. The second-order valence-corrected chi connectivity index (χ2v) is 4.69. The molecule has 0 unspecified atom stereocenters. The van der Waals surface area contributed by atoms with Gasteiger partial charge in [-0.15, -0.1) is 0 Å². The summed E-state index contributed by atoms with van der Waals surface area (Å²) in [4.78, 5) is 24.4. The third-order valence-corrected chi connectivity index (χ3v) is 3.49. The SMILES string of the molecule is CCC1CCN(C(=O)N[C@H](CCO)C(=O)O)CC1. The Bertz CT molecular complexity index is 288. The molecule has 0 aromatic carbocycles. The van der Waals surface area contributed by atoms with Crippen LogP contribution in [0.2, 0.25) is 0 Å². The molecule has 2 amide bonds. The highest BCUT2D eigenvalue weighted by molar-refractivity contribution is 5.82. The van der Waals surface area contributed by atoms with Crippen LogP contribution >= 0.6 is 0 Å². The van der Waals surface area contributed by atoms with Crippen molar-refractivity contribution in [2.24, 2.45) is 5.92 Å². The van der Waals surface area contributed by atoms with Crippen molar-refractivity contribution < 1.29 is 19.8 Å². The van der Waals surface area contributed by atoms with Crippen molar-refractivity contribution in [3.63, 3.8) is 0 Å². The number of urea groups is 1. The standard InChI is InChI=1S/C12H22N2O4/c1-2-9-3-6-14(7-4-9)12(18)13-10(5-8-15)11(16)17/h9-10,15H,2-8H2,1H3,(H,13,18)(H,16,17)/t10-/m1/s1. The predicted molar refractivity (Wildman–Crippen MR) is 66.2 cm³/mol.